The van der Waals surface area contributed by atoms with E-state index in [1.807, 2.05) is 43.0 Å². The van der Waals surface area contributed by atoms with Crippen LogP contribution in [0.3, 0.4) is 0 Å². The van der Waals surface area contributed by atoms with Crippen molar-refractivity contribution in [1.82, 2.24) is 4.90 Å². The smallest absolute Gasteiger partial charge is 0.229 e. The zero-order valence-corrected chi connectivity index (χ0v) is 15.9. The van der Waals surface area contributed by atoms with E-state index in [9.17, 15) is 9.59 Å². The zero-order valence-electron chi connectivity index (χ0n) is 15.1. The van der Waals surface area contributed by atoms with Gasteiger partial charge in [0.1, 0.15) is 5.78 Å². The van der Waals surface area contributed by atoms with Gasteiger partial charge in [-0.05, 0) is 36.5 Å². The number of rotatable bonds is 6. The van der Waals surface area contributed by atoms with Crippen molar-refractivity contribution in [3.8, 4) is 0 Å². The number of benzene rings is 1. The van der Waals surface area contributed by atoms with Gasteiger partial charge in [-0.25, -0.2) is 0 Å². The minimum atomic E-state index is -0.565. The molecule has 1 aliphatic rings. The van der Waals surface area contributed by atoms with E-state index < -0.39 is 5.41 Å². The molecule has 3 nitrogen and oxygen atoms in total. The number of amides is 1. The Bertz CT molecular complexity index is 596. The van der Waals surface area contributed by atoms with Crippen LogP contribution in [0, 0.1) is 11.3 Å². The third kappa shape index (κ3) is 4.18. The summed E-state index contributed by atoms with van der Waals surface area (Å²) in [6.45, 7) is 8.77. The van der Waals surface area contributed by atoms with Crippen molar-refractivity contribution in [2.24, 2.45) is 11.3 Å². The maximum absolute atomic E-state index is 13.2. The molecule has 2 atom stereocenters. The maximum Gasteiger partial charge on any atom is 0.229 e. The van der Waals surface area contributed by atoms with E-state index in [1.54, 1.807) is 0 Å². The second kappa shape index (κ2) is 7.69. The van der Waals surface area contributed by atoms with Crippen molar-refractivity contribution in [3.63, 3.8) is 0 Å². The fourth-order valence-corrected chi connectivity index (χ4v) is 3.69. The second-order valence-electron chi connectivity index (χ2n) is 7.59. The van der Waals surface area contributed by atoms with Gasteiger partial charge in [0.15, 0.2) is 0 Å². The lowest BCUT2D eigenvalue weighted by molar-refractivity contribution is -0.152. The Morgan fingerprint density at radius 2 is 1.96 bits per heavy atom. The number of Topliss-reactive ketones (excluding diaryl/α,β-unsaturated/α-hetero) is 1. The third-order valence-electron chi connectivity index (χ3n) is 4.92. The standard InChI is InChI=1S/C20H28ClNO2/c1-5-17(23)12-20(4)11-10-18(15-6-8-16(21)9-7-15)22(19(20)24)13-14(2)3/h6-9,14,18H,5,10-13H2,1-4H3/t18?,20-/m1/s1. The van der Waals surface area contributed by atoms with Crippen LogP contribution >= 0.6 is 11.6 Å². The van der Waals surface area contributed by atoms with Crippen LogP contribution in [0.15, 0.2) is 24.3 Å². The predicted molar refractivity (Wildman–Crippen MR) is 98.0 cm³/mol. The molecular weight excluding hydrogens is 322 g/mol. The number of nitrogens with zero attached hydrogens (tertiary/aromatic N) is 1. The highest BCUT2D eigenvalue weighted by atomic mass is 35.5. The van der Waals surface area contributed by atoms with E-state index in [0.717, 1.165) is 18.4 Å². The molecule has 1 unspecified atom stereocenters. The highest BCUT2D eigenvalue weighted by Gasteiger charge is 2.45. The zero-order chi connectivity index (χ0) is 17.9. The molecule has 1 saturated heterocycles. The number of carbonyl (C=O) groups excluding carboxylic acids is 2. The minimum absolute atomic E-state index is 0.0713. The van der Waals surface area contributed by atoms with Crippen molar-refractivity contribution in [3.05, 3.63) is 34.9 Å². The molecule has 24 heavy (non-hydrogen) atoms. The normalized spacial score (nSPS) is 24.5. The summed E-state index contributed by atoms with van der Waals surface area (Å²) in [6.07, 6.45) is 2.48. The van der Waals surface area contributed by atoms with Crippen LogP contribution in [0.4, 0.5) is 0 Å². The van der Waals surface area contributed by atoms with Gasteiger partial charge in [0.2, 0.25) is 5.91 Å². The lowest BCUT2D eigenvalue weighted by Gasteiger charge is -2.45. The van der Waals surface area contributed by atoms with Gasteiger partial charge >= 0.3 is 0 Å². The van der Waals surface area contributed by atoms with Gasteiger partial charge in [-0.2, -0.15) is 0 Å². The summed E-state index contributed by atoms with van der Waals surface area (Å²) in [5.41, 5.74) is 0.558. The van der Waals surface area contributed by atoms with E-state index in [2.05, 4.69) is 13.8 Å². The molecule has 1 aliphatic heterocycles. The first-order valence-corrected chi connectivity index (χ1v) is 9.23. The fourth-order valence-electron chi connectivity index (χ4n) is 3.57. The summed E-state index contributed by atoms with van der Waals surface area (Å²) >= 11 is 6.00. The van der Waals surface area contributed by atoms with Gasteiger partial charge in [-0.15, -0.1) is 0 Å². The average Bonchev–Trinajstić information content (AvgIpc) is 2.53. The van der Waals surface area contributed by atoms with Crippen LogP contribution in [0.5, 0.6) is 0 Å². The number of ketones is 1. The quantitative estimate of drug-likeness (QED) is 0.721. The molecule has 132 valence electrons. The van der Waals surface area contributed by atoms with Crippen molar-refractivity contribution < 1.29 is 9.59 Å². The van der Waals surface area contributed by atoms with Gasteiger partial charge < -0.3 is 4.90 Å². The van der Waals surface area contributed by atoms with E-state index in [0.29, 0.717) is 30.3 Å². The van der Waals surface area contributed by atoms with Crippen LogP contribution < -0.4 is 0 Å². The number of piperidine rings is 1. The lowest BCUT2D eigenvalue weighted by Crippen LogP contribution is -2.50. The first kappa shape index (κ1) is 19.0. The Morgan fingerprint density at radius 1 is 1.33 bits per heavy atom. The summed E-state index contributed by atoms with van der Waals surface area (Å²) < 4.78 is 0. The molecule has 0 aliphatic carbocycles. The topological polar surface area (TPSA) is 37.4 Å². The molecule has 1 aromatic rings. The Morgan fingerprint density at radius 3 is 2.50 bits per heavy atom. The molecule has 0 spiro atoms. The Labute approximate surface area is 150 Å². The summed E-state index contributed by atoms with van der Waals surface area (Å²) in [5, 5.41) is 0.703. The number of likely N-dealkylation sites (tertiary alicyclic amines) is 1. The molecule has 0 radical (unpaired) electrons. The number of hydrogen-bond donors (Lipinski definition) is 0. The van der Waals surface area contributed by atoms with Gasteiger partial charge in [0, 0.05) is 24.4 Å². The van der Waals surface area contributed by atoms with Gasteiger partial charge in [-0.1, -0.05) is 51.4 Å². The van der Waals surface area contributed by atoms with Crippen molar-refractivity contribution >= 4 is 23.3 Å². The van der Waals surface area contributed by atoms with Crippen LogP contribution in [0.1, 0.15) is 65.0 Å². The molecule has 0 N–H and O–H groups in total. The Balaban J connectivity index is 2.30. The van der Waals surface area contributed by atoms with E-state index in [1.165, 1.54) is 0 Å². The summed E-state index contributed by atoms with van der Waals surface area (Å²) in [6, 6.07) is 7.84. The molecule has 1 fully saturated rings. The van der Waals surface area contributed by atoms with Crippen LogP contribution in [0.2, 0.25) is 5.02 Å². The highest BCUT2D eigenvalue weighted by Crippen LogP contribution is 2.43. The van der Waals surface area contributed by atoms with Crippen molar-refractivity contribution in [2.75, 3.05) is 6.54 Å². The Hall–Kier alpha value is -1.35. The number of halogens is 1. The van der Waals surface area contributed by atoms with Gasteiger partial charge in [-0.3, -0.25) is 9.59 Å². The number of hydrogen-bond acceptors (Lipinski definition) is 2. The van der Waals surface area contributed by atoms with Crippen LogP contribution in [-0.4, -0.2) is 23.1 Å². The first-order valence-electron chi connectivity index (χ1n) is 8.85. The van der Waals surface area contributed by atoms with Gasteiger partial charge in [0.05, 0.1) is 11.5 Å². The third-order valence-corrected chi connectivity index (χ3v) is 5.17. The van der Waals surface area contributed by atoms with E-state index in [4.69, 9.17) is 11.6 Å². The van der Waals surface area contributed by atoms with Gasteiger partial charge in [0.25, 0.3) is 0 Å². The van der Waals surface area contributed by atoms with Crippen LogP contribution in [-0.2, 0) is 9.59 Å². The lowest BCUT2D eigenvalue weighted by atomic mass is 9.73. The molecule has 0 bridgehead atoms. The molecule has 0 saturated carbocycles. The molecular formula is C20H28ClNO2. The monoisotopic (exact) mass is 349 g/mol. The summed E-state index contributed by atoms with van der Waals surface area (Å²) in [7, 11) is 0. The molecule has 0 aromatic heterocycles. The van der Waals surface area contributed by atoms with E-state index in [-0.39, 0.29) is 17.7 Å². The Kier molecular flexibility index (Phi) is 6.08. The SMILES string of the molecule is CCC(=O)C[C@@]1(C)CCC(c2ccc(Cl)cc2)N(CC(C)C)C1=O. The minimum Gasteiger partial charge on any atom is -0.335 e. The highest BCUT2D eigenvalue weighted by molar-refractivity contribution is 6.30. The second-order valence-corrected chi connectivity index (χ2v) is 8.02. The molecule has 2 rings (SSSR count). The summed E-state index contributed by atoms with van der Waals surface area (Å²) in [5.74, 6) is 0.664. The average molecular weight is 350 g/mol. The summed E-state index contributed by atoms with van der Waals surface area (Å²) in [4.78, 5) is 27.2. The molecule has 1 amide bonds. The maximum atomic E-state index is 13.2. The molecule has 1 heterocycles. The predicted octanol–water partition coefficient (Wildman–Crippen LogP) is 5.04. The fraction of sp³-hybridized carbons (Fsp3) is 0.600. The van der Waals surface area contributed by atoms with Crippen molar-refractivity contribution in [2.45, 2.75) is 59.4 Å². The number of carbonyl (C=O) groups is 2. The van der Waals surface area contributed by atoms with Crippen molar-refractivity contribution in [1.29, 1.82) is 0 Å². The largest absolute Gasteiger partial charge is 0.335 e. The molecule has 4 heteroatoms. The first-order chi connectivity index (χ1) is 11.3. The van der Waals surface area contributed by atoms with Crippen LogP contribution in [0.25, 0.3) is 0 Å². The van der Waals surface area contributed by atoms with E-state index >= 15 is 0 Å². The molecule has 1 aromatic carbocycles.